The van der Waals surface area contributed by atoms with E-state index in [1.807, 2.05) is 0 Å². The van der Waals surface area contributed by atoms with E-state index >= 15 is 0 Å². The van der Waals surface area contributed by atoms with Gasteiger partial charge >= 0.3 is 5.97 Å². The summed E-state index contributed by atoms with van der Waals surface area (Å²) in [5, 5.41) is 0. The van der Waals surface area contributed by atoms with E-state index in [2.05, 4.69) is 27.4 Å². The van der Waals surface area contributed by atoms with Crippen LogP contribution in [0.25, 0.3) is 0 Å². The second-order valence-corrected chi connectivity index (χ2v) is 9.14. The molecule has 0 aliphatic rings. The van der Waals surface area contributed by atoms with Crippen LogP contribution in [-0.4, -0.2) is 27.5 Å². The minimum atomic E-state index is -1.58. The molecule has 0 aliphatic heterocycles. The minimum absolute atomic E-state index is 0.331. The number of rotatable bonds is 11. The summed E-state index contributed by atoms with van der Waals surface area (Å²) in [4.78, 5) is 10.9. The van der Waals surface area contributed by atoms with E-state index in [0.29, 0.717) is 6.61 Å². The van der Waals surface area contributed by atoms with Crippen molar-refractivity contribution in [2.75, 3.05) is 13.2 Å². The van der Waals surface area contributed by atoms with Crippen molar-refractivity contribution in [1.29, 1.82) is 0 Å². The van der Waals surface area contributed by atoms with Gasteiger partial charge in [0, 0.05) is 12.7 Å². The summed E-state index contributed by atoms with van der Waals surface area (Å²) in [6.45, 7) is 11.4. The van der Waals surface area contributed by atoms with E-state index < -0.39 is 8.32 Å². The van der Waals surface area contributed by atoms with Gasteiger partial charge in [0.2, 0.25) is 0 Å². The molecule has 0 bridgehead atoms. The van der Waals surface area contributed by atoms with E-state index in [9.17, 15) is 4.79 Å². The van der Waals surface area contributed by atoms with Gasteiger partial charge in [0.25, 0.3) is 0 Å². The van der Waals surface area contributed by atoms with Crippen LogP contribution in [0.5, 0.6) is 0 Å². The first kappa shape index (κ1) is 17.4. The Hall–Kier alpha value is -0.613. The minimum Gasteiger partial charge on any atom is -0.463 e. The third-order valence-corrected chi connectivity index (χ3v) is 8.04. The SMILES string of the molecule is C=CC(=O)OCCC[Si](CC)(CC)OCCCC. The number of hydrogen-bond acceptors (Lipinski definition) is 3. The Labute approximate surface area is 113 Å². The van der Waals surface area contributed by atoms with Gasteiger partial charge in [-0.1, -0.05) is 33.8 Å². The third-order valence-electron chi connectivity index (χ3n) is 3.38. The topological polar surface area (TPSA) is 35.5 Å². The average molecular weight is 272 g/mol. The van der Waals surface area contributed by atoms with E-state index in [4.69, 9.17) is 9.16 Å². The molecule has 0 aromatic rings. The van der Waals surface area contributed by atoms with Crippen molar-refractivity contribution in [2.24, 2.45) is 0 Å². The highest BCUT2D eigenvalue weighted by molar-refractivity contribution is 6.73. The van der Waals surface area contributed by atoms with Gasteiger partial charge in [-0.3, -0.25) is 0 Å². The molecule has 106 valence electrons. The van der Waals surface area contributed by atoms with E-state index in [1.54, 1.807) is 0 Å². The van der Waals surface area contributed by atoms with Crippen LogP contribution in [0.1, 0.15) is 40.0 Å². The number of unbranched alkanes of at least 4 members (excludes halogenated alkanes) is 1. The third kappa shape index (κ3) is 6.96. The van der Waals surface area contributed by atoms with E-state index in [0.717, 1.165) is 37.6 Å². The first-order chi connectivity index (χ1) is 8.64. The first-order valence-corrected chi connectivity index (χ1v) is 9.60. The lowest BCUT2D eigenvalue weighted by Gasteiger charge is -2.29. The van der Waals surface area contributed by atoms with Crippen molar-refractivity contribution in [3.8, 4) is 0 Å². The van der Waals surface area contributed by atoms with Crippen LogP contribution in [0.3, 0.4) is 0 Å². The summed E-state index contributed by atoms with van der Waals surface area (Å²) < 4.78 is 11.2. The first-order valence-electron chi connectivity index (χ1n) is 7.07. The molecule has 0 N–H and O–H groups in total. The summed E-state index contributed by atoms with van der Waals surface area (Å²) >= 11 is 0. The molecule has 0 saturated carbocycles. The van der Waals surface area contributed by atoms with Gasteiger partial charge in [-0.05, 0) is 31.0 Å². The van der Waals surface area contributed by atoms with Crippen LogP contribution in [0.4, 0.5) is 0 Å². The van der Waals surface area contributed by atoms with Crippen LogP contribution in [0.15, 0.2) is 12.7 Å². The fourth-order valence-electron chi connectivity index (χ4n) is 1.94. The number of hydrogen-bond donors (Lipinski definition) is 0. The van der Waals surface area contributed by atoms with E-state index in [-0.39, 0.29) is 5.97 Å². The molecule has 4 heteroatoms. The summed E-state index contributed by atoms with van der Waals surface area (Å²) in [5.74, 6) is -0.331. The molecular formula is C14H28O3Si. The number of esters is 1. The van der Waals surface area contributed by atoms with Crippen molar-refractivity contribution < 1.29 is 14.0 Å². The molecule has 0 unspecified atom stereocenters. The zero-order valence-electron chi connectivity index (χ0n) is 12.2. The van der Waals surface area contributed by atoms with Crippen molar-refractivity contribution in [1.82, 2.24) is 0 Å². The van der Waals surface area contributed by atoms with Gasteiger partial charge < -0.3 is 9.16 Å². The quantitative estimate of drug-likeness (QED) is 0.248. The van der Waals surface area contributed by atoms with Crippen LogP contribution in [0.2, 0.25) is 18.1 Å². The largest absolute Gasteiger partial charge is 0.463 e. The Balaban J connectivity index is 4.00. The predicted molar refractivity (Wildman–Crippen MR) is 78.2 cm³/mol. The number of carbonyl (C=O) groups is 1. The lowest BCUT2D eigenvalue weighted by atomic mass is 10.4. The maximum absolute atomic E-state index is 10.9. The van der Waals surface area contributed by atoms with Gasteiger partial charge in [0.05, 0.1) is 6.61 Å². The lowest BCUT2D eigenvalue weighted by Crippen LogP contribution is -2.37. The normalized spacial score (nSPS) is 11.3. The van der Waals surface area contributed by atoms with E-state index in [1.165, 1.54) is 12.5 Å². The van der Waals surface area contributed by atoms with Crippen LogP contribution in [0, 0.1) is 0 Å². The summed E-state index contributed by atoms with van der Waals surface area (Å²) in [5.41, 5.74) is 0. The molecule has 0 aliphatic carbocycles. The molecule has 0 aromatic carbocycles. The number of ether oxygens (including phenoxy) is 1. The van der Waals surface area contributed by atoms with Gasteiger partial charge in [-0.2, -0.15) is 0 Å². The second kappa shape index (κ2) is 10.3. The van der Waals surface area contributed by atoms with Crippen molar-refractivity contribution >= 4 is 14.3 Å². The van der Waals surface area contributed by atoms with Crippen LogP contribution in [-0.2, 0) is 14.0 Å². The molecule has 0 spiro atoms. The lowest BCUT2D eigenvalue weighted by molar-refractivity contribution is -0.137. The fourth-order valence-corrected chi connectivity index (χ4v) is 5.06. The Bertz CT molecular complexity index is 237. The maximum Gasteiger partial charge on any atom is 0.330 e. The van der Waals surface area contributed by atoms with Gasteiger partial charge in [-0.25, -0.2) is 4.79 Å². The predicted octanol–water partition coefficient (Wildman–Crippen LogP) is 3.91. The Morgan fingerprint density at radius 2 is 1.83 bits per heavy atom. The molecule has 0 aromatic heterocycles. The summed E-state index contributed by atoms with van der Waals surface area (Å²) in [6, 6.07) is 3.36. The molecule has 0 saturated heterocycles. The highest BCUT2D eigenvalue weighted by Gasteiger charge is 2.30. The van der Waals surface area contributed by atoms with Gasteiger partial charge in [-0.15, -0.1) is 0 Å². The standard InChI is InChI=1S/C14H28O3Si/c1-5-9-12-17-18(7-3,8-4)13-10-11-16-14(15)6-2/h6H,2,5,7-13H2,1,3-4H3. The molecule has 0 rings (SSSR count). The van der Waals surface area contributed by atoms with Crippen LogP contribution < -0.4 is 0 Å². The molecular weight excluding hydrogens is 244 g/mol. The Morgan fingerprint density at radius 1 is 1.17 bits per heavy atom. The molecule has 3 nitrogen and oxygen atoms in total. The monoisotopic (exact) mass is 272 g/mol. The molecule has 18 heavy (non-hydrogen) atoms. The van der Waals surface area contributed by atoms with Crippen molar-refractivity contribution in [3.05, 3.63) is 12.7 Å². The molecule has 0 fully saturated rings. The van der Waals surface area contributed by atoms with Gasteiger partial charge in [0.15, 0.2) is 8.32 Å². The Morgan fingerprint density at radius 3 is 2.33 bits per heavy atom. The molecule has 0 heterocycles. The zero-order valence-corrected chi connectivity index (χ0v) is 13.2. The zero-order chi connectivity index (χ0) is 13.9. The fraction of sp³-hybridized carbons (Fsp3) is 0.786. The number of carbonyl (C=O) groups excluding carboxylic acids is 1. The van der Waals surface area contributed by atoms with Crippen molar-refractivity contribution in [2.45, 2.75) is 58.2 Å². The van der Waals surface area contributed by atoms with Crippen molar-refractivity contribution in [3.63, 3.8) is 0 Å². The van der Waals surface area contributed by atoms with Gasteiger partial charge in [0.1, 0.15) is 0 Å². The molecule has 0 amide bonds. The Kier molecular flexibility index (Phi) is 9.97. The summed E-state index contributed by atoms with van der Waals surface area (Å²) in [7, 11) is -1.58. The average Bonchev–Trinajstić information content (AvgIpc) is 2.41. The highest BCUT2D eigenvalue weighted by atomic mass is 28.4. The molecule has 0 atom stereocenters. The van der Waals surface area contributed by atoms with Crippen LogP contribution >= 0.6 is 0 Å². The highest BCUT2D eigenvalue weighted by Crippen LogP contribution is 2.24. The smallest absolute Gasteiger partial charge is 0.330 e. The molecule has 0 radical (unpaired) electrons. The second-order valence-electron chi connectivity index (χ2n) is 4.57. The maximum atomic E-state index is 10.9. The summed E-state index contributed by atoms with van der Waals surface area (Å²) in [6.07, 6.45) is 4.43.